The molecule has 1 aliphatic rings. The number of hydrogen-bond acceptors (Lipinski definition) is 6. The van der Waals surface area contributed by atoms with Crippen molar-refractivity contribution in [2.24, 2.45) is 0 Å². The molecule has 140 valence electrons. The number of carbonyl (C=O) groups excluding carboxylic acids is 1. The molecule has 0 unspecified atom stereocenters. The maximum absolute atomic E-state index is 13.7. The number of amides is 1. The number of anilines is 2. The van der Waals surface area contributed by atoms with E-state index in [9.17, 15) is 9.18 Å². The Labute approximate surface area is 164 Å². The molecule has 3 aromatic rings. The van der Waals surface area contributed by atoms with Gasteiger partial charge in [0.1, 0.15) is 22.8 Å². The number of carbonyl (C=O) groups is 1. The number of fused-ring (bicyclic) bond motifs is 1. The Kier molecular flexibility index (Phi) is 5.20. The van der Waals surface area contributed by atoms with Gasteiger partial charge in [0.15, 0.2) is 0 Å². The summed E-state index contributed by atoms with van der Waals surface area (Å²) in [5, 5.41) is 5.79. The van der Waals surface area contributed by atoms with E-state index in [1.54, 1.807) is 12.1 Å². The Balaban J connectivity index is 1.57. The van der Waals surface area contributed by atoms with E-state index in [0.717, 1.165) is 25.9 Å². The fraction of sp³-hybridized carbons (Fsp3) is 0.278. The fourth-order valence-corrected chi connectivity index (χ4v) is 3.99. The Morgan fingerprint density at radius 2 is 2.00 bits per heavy atom. The van der Waals surface area contributed by atoms with Crippen LogP contribution in [-0.2, 0) is 0 Å². The molecule has 0 saturated carbocycles. The van der Waals surface area contributed by atoms with Gasteiger partial charge in [0.25, 0.3) is 5.91 Å². The van der Waals surface area contributed by atoms with Crippen LogP contribution < -0.4 is 10.7 Å². The van der Waals surface area contributed by atoms with Crippen LogP contribution in [0.15, 0.2) is 30.6 Å². The van der Waals surface area contributed by atoms with Crippen molar-refractivity contribution in [1.82, 2.24) is 20.4 Å². The lowest BCUT2D eigenvalue weighted by Crippen LogP contribution is -2.44. The van der Waals surface area contributed by atoms with Crippen LogP contribution in [0.4, 0.5) is 15.9 Å². The van der Waals surface area contributed by atoms with Gasteiger partial charge >= 0.3 is 0 Å². The first-order valence-electron chi connectivity index (χ1n) is 8.63. The summed E-state index contributed by atoms with van der Waals surface area (Å²) in [4.78, 5) is 22.3. The Morgan fingerprint density at radius 3 is 2.78 bits per heavy atom. The monoisotopic (exact) mass is 405 g/mol. The molecule has 0 radical (unpaired) electrons. The number of benzene rings is 1. The molecule has 0 atom stereocenters. The van der Waals surface area contributed by atoms with Crippen LogP contribution in [0.2, 0.25) is 5.02 Å². The number of hydrazine groups is 1. The van der Waals surface area contributed by atoms with E-state index in [1.807, 2.05) is 5.01 Å². The van der Waals surface area contributed by atoms with Gasteiger partial charge in [0.2, 0.25) is 0 Å². The molecule has 2 aromatic heterocycles. The molecule has 1 aromatic carbocycles. The van der Waals surface area contributed by atoms with E-state index in [-0.39, 0.29) is 10.9 Å². The third-order valence-electron chi connectivity index (χ3n) is 4.35. The van der Waals surface area contributed by atoms with Crippen molar-refractivity contribution < 1.29 is 9.18 Å². The number of nitrogens with one attached hydrogen (secondary N) is 2. The molecule has 0 spiro atoms. The van der Waals surface area contributed by atoms with Gasteiger partial charge < -0.3 is 5.32 Å². The summed E-state index contributed by atoms with van der Waals surface area (Å²) in [5.41, 5.74) is 3.47. The summed E-state index contributed by atoms with van der Waals surface area (Å²) in [6.07, 6.45) is 4.79. The maximum atomic E-state index is 13.7. The largest absolute Gasteiger partial charge is 0.340 e. The van der Waals surface area contributed by atoms with E-state index in [4.69, 9.17) is 11.6 Å². The van der Waals surface area contributed by atoms with Gasteiger partial charge in [-0.1, -0.05) is 18.0 Å². The van der Waals surface area contributed by atoms with Crippen molar-refractivity contribution >= 4 is 50.6 Å². The van der Waals surface area contributed by atoms with Crippen molar-refractivity contribution in [3.8, 4) is 0 Å². The third-order valence-corrected chi connectivity index (χ3v) is 5.70. The van der Waals surface area contributed by atoms with Crippen molar-refractivity contribution in [1.29, 1.82) is 0 Å². The lowest BCUT2D eigenvalue weighted by molar-refractivity contribution is 0.0754. The van der Waals surface area contributed by atoms with E-state index < -0.39 is 5.82 Å². The van der Waals surface area contributed by atoms with Crippen LogP contribution in [0.1, 0.15) is 28.9 Å². The normalized spacial score (nSPS) is 15.0. The second-order valence-corrected chi connectivity index (χ2v) is 7.73. The zero-order valence-electron chi connectivity index (χ0n) is 14.3. The Hall–Kier alpha value is -2.29. The second-order valence-electron chi connectivity index (χ2n) is 6.29. The summed E-state index contributed by atoms with van der Waals surface area (Å²) in [7, 11) is 0. The average Bonchev–Trinajstić information content (AvgIpc) is 3.11. The van der Waals surface area contributed by atoms with Gasteiger partial charge in [-0.05, 0) is 37.1 Å². The molecule has 4 rings (SSSR count). The molecule has 0 aliphatic carbocycles. The predicted octanol–water partition coefficient (Wildman–Crippen LogP) is 4.36. The van der Waals surface area contributed by atoms with Crippen molar-refractivity contribution in [3.63, 3.8) is 0 Å². The van der Waals surface area contributed by atoms with Crippen molar-refractivity contribution in [2.75, 3.05) is 18.4 Å². The van der Waals surface area contributed by atoms with Gasteiger partial charge in [-0.2, -0.15) is 0 Å². The summed E-state index contributed by atoms with van der Waals surface area (Å²) >= 11 is 7.02. The van der Waals surface area contributed by atoms with Crippen LogP contribution in [0.5, 0.6) is 0 Å². The molecular formula is C18H17ClFN5OS. The highest BCUT2D eigenvalue weighted by atomic mass is 35.5. The first kappa shape index (κ1) is 18.1. The van der Waals surface area contributed by atoms with Crippen LogP contribution >= 0.6 is 22.9 Å². The number of hydrogen-bond donors (Lipinski definition) is 2. The van der Waals surface area contributed by atoms with Gasteiger partial charge in [0.05, 0.1) is 15.3 Å². The van der Waals surface area contributed by atoms with Gasteiger partial charge in [-0.3, -0.25) is 10.2 Å². The molecule has 1 fully saturated rings. The highest BCUT2D eigenvalue weighted by Crippen LogP contribution is 2.30. The second kappa shape index (κ2) is 7.75. The summed E-state index contributed by atoms with van der Waals surface area (Å²) in [6.45, 7) is 1.73. The minimum Gasteiger partial charge on any atom is -0.340 e. The Morgan fingerprint density at radius 1 is 1.19 bits per heavy atom. The SMILES string of the molecule is O=C(NN1CCCCC1)c1cc2c(Nc3ccc(Cl)c(F)c3)ncnc2s1. The number of aromatic nitrogens is 2. The minimum atomic E-state index is -0.515. The summed E-state index contributed by atoms with van der Waals surface area (Å²) in [6, 6.07) is 6.19. The van der Waals surface area contributed by atoms with Crippen LogP contribution in [0, 0.1) is 5.82 Å². The molecule has 27 heavy (non-hydrogen) atoms. The van der Waals surface area contributed by atoms with E-state index >= 15 is 0 Å². The first-order valence-corrected chi connectivity index (χ1v) is 9.82. The van der Waals surface area contributed by atoms with E-state index in [0.29, 0.717) is 26.6 Å². The quantitative estimate of drug-likeness (QED) is 0.675. The molecule has 0 bridgehead atoms. The molecule has 1 saturated heterocycles. The molecule has 1 amide bonds. The van der Waals surface area contributed by atoms with Crippen LogP contribution in [-0.4, -0.2) is 34.0 Å². The summed E-state index contributed by atoms with van der Waals surface area (Å²) in [5.74, 6) is -0.155. The van der Waals surface area contributed by atoms with Gasteiger partial charge in [0, 0.05) is 18.8 Å². The van der Waals surface area contributed by atoms with E-state index in [2.05, 4.69) is 20.7 Å². The van der Waals surface area contributed by atoms with E-state index in [1.165, 1.54) is 36.2 Å². The lowest BCUT2D eigenvalue weighted by Gasteiger charge is -2.26. The number of halogens is 2. The molecule has 1 aliphatic heterocycles. The predicted molar refractivity (Wildman–Crippen MR) is 105 cm³/mol. The topological polar surface area (TPSA) is 70.2 Å². The third kappa shape index (κ3) is 4.02. The highest BCUT2D eigenvalue weighted by Gasteiger charge is 2.18. The number of thiophene rings is 1. The molecule has 6 nitrogen and oxygen atoms in total. The fourth-order valence-electron chi connectivity index (χ4n) is 2.98. The van der Waals surface area contributed by atoms with Crippen molar-refractivity contribution in [2.45, 2.75) is 19.3 Å². The molecular weight excluding hydrogens is 389 g/mol. The zero-order chi connectivity index (χ0) is 18.8. The number of piperidine rings is 1. The van der Waals surface area contributed by atoms with Crippen LogP contribution in [0.3, 0.4) is 0 Å². The number of rotatable bonds is 4. The molecule has 3 heterocycles. The number of nitrogens with zero attached hydrogens (tertiary/aromatic N) is 3. The standard InChI is InChI=1S/C18H17ClFN5OS/c19-13-5-4-11(8-14(13)20)23-16-12-9-15(27-18(12)22-10-21-16)17(26)24-25-6-2-1-3-7-25/h4-5,8-10H,1-3,6-7H2,(H,24,26)(H,21,22,23). The molecule has 2 N–H and O–H groups in total. The summed E-state index contributed by atoms with van der Waals surface area (Å²) < 4.78 is 13.7. The smallest absolute Gasteiger partial charge is 0.275 e. The lowest BCUT2D eigenvalue weighted by atomic mass is 10.2. The van der Waals surface area contributed by atoms with Crippen LogP contribution in [0.25, 0.3) is 10.2 Å². The minimum absolute atomic E-state index is 0.0561. The van der Waals surface area contributed by atoms with Crippen molar-refractivity contribution in [3.05, 3.63) is 46.3 Å². The van der Waals surface area contributed by atoms with Gasteiger partial charge in [-0.25, -0.2) is 19.4 Å². The maximum Gasteiger partial charge on any atom is 0.275 e. The molecule has 9 heteroatoms. The zero-order valence-corrected chi connectivity index (χ0v) is 15.9. The first-order chi connectivity index (χ1) is 13.1. The Bertz CT molecular complexity index is 989. The van der Waals surface area contributed by atoms with Gasteiger partial charge in [-0.15, -0.1) is 11.3 Å². The average molecular weight is 406 g/mol. The highest BCUT2D eigenvalue weighted by molar-refractivity contribution is 7.20.